The second-order valence-corrected chi connectivity index (χ2v) is 6.36. The summed E-state index contributed by atoms with van der Waals surface area (Å²) in [6, 6.07) is 7.63. The molecule has 6 nitrogen and oxygen atoms in total. The van der Waals surface area contributed by atoms with E-state index in [1.807, 2.05) is 24.3 Å². The van der Waals surface area contributed by atoms with E-state index in [9.17, 15) is 4.79 Å². The molecule has 23 heavy (non-hydrogen) atoms. The molecule has 2 aliphatic heterocycles. The highest BCUT2D eigenvalue weighted by Gasteiger charge is 2.29. The maximum Gasteiger partial charge on any atom is 0.238 e. The smallest absolute Gasteiger partial charge is 0.238 e. The number of hydrogen-bond acceptors (Lipinski definition) is 5. The van der Waals surface area contributed by atoms with Gasteiger partial charge in [0.05, 0.1) is 13.2 Å². The van der Waals surface area contributed by atoms with Crippen molar-refractivity contribution in [2.75, 3.05) is 39.4 Å². The highest BCUT2D eigenvalue weighted by molar-refractivity contribution is 6.30. The molecule has 126 valence electrons. The van der Waals surface area contributed by atoms with E-state index >= 15 is 0 Å². The maximum atomic E-state index is 12.2. The van der Waals surface area contributed by atoms with Crippen molar-refractivity contribution in [2.24, 2.45) is 0 Å². The molecule has 2 aliphatic rings. The third kappa shape index (κ3) is 4.65. The van der Waals surface area contributed by atoms with E-state index in [0.29, 0.717) is 6.54 Å². The van der Waals surface area contributed by atoms with Crippen LogP contribution < -0.4 is 16.2 Å². The van der Waals surface area contributed by atoms with E-state index in [1.54, 1.807) is 0 Å². The van der Waals surface area contributed by atoms with E-state index in [4.69, 9.17) is 16.3 Å². The average molecular weight is 339 g/mol. The fraction of sp³-hybridized carbons (Fsp3) is 0.562. The van der Waals surface area contributed by atoms with E-state index in [1.165, 1.54) is 0 Å². The summed E-state index contributed by atoms with van der Waals surface area (Å²) in [6.07, 6.45) is 0.727. The van der Waals surface area contributed by atoms with Gasteiger partial charge in [0.25, 0.3) is 0 Å². The first kappa shape index (κ1) is 16.7. The molecule has 3 rings (SSSR count). The van der Waals surface area contributed by atoms with Crippen LogP contribution in [0, 0.1) is 0 Å². The van der Waals surface area contributed by atoms with Gasteiger partial charge in [0, 0.05) is 37.2 Å². The van der Waals surface area contributed by atoms with Gasteiger partial charge in [-0.3, -0.25) is 9.69 Å². The first-order chi connectivity index (χ1) is 11.2. The number of hydrazine groups is 1. The molecule has 2 heterocycles. The molecule has 0 aliphatic carbocycles. The van der Waals surface area contributed by atoms with Gasteiger partial charge in [-0.2, -0.15) is 0 Å². The Balaban J connectivity index is 1.41. The molecule has 0 saturated carbocycles. The summed E-state index contributed by atoms with van der Waals surface area (Å²) in [5.41, 5.74) is 7.39. The summed E-state index contributed by atoms with van der Waals surface area (Å²) in [6.45, 7) is 4.99. The second kappa shape index (κ2) is 8.08. The lowest BCUT2D eigenvalue weighted by Crippen LogP contribution is -2.46. The number of halogens is 1. The molecule has 3 N–H and O–H groups in total. The summed E-state index contributed by atoms with van der Waals surface area (Å²) < 4.78 is 5.31. The van der Waals surface area contributed by atoms with Crippen LogP contribution in [0.2, 0.25) is 5.02 Å². The zero-order chi connectivity index (χ0) is 16.1. The van der Waals surface area contributed by atoms with Crippen molar-refractivity contribution >= 4 is 17.5 Å². The van der Waals surface area contributed by atoms with Crippen LogP contribution in [0.5, 0.6) is 0 Å². The summed E-state index contributed by atoms with van der Waals surface area (Å²) in [5, 5.41) is 3.73. The summed E-state index contributed by atoms with van der Waals surface area (Å²) >= 11 is 5.91. The van der Waals surface area contributed by atoms with Crippen LogP contribution in [0.25, 0.3) is 0 Å². The number of nitrogens with one attached hydrogen (secondary N) is 3. The second-order valence-electron chi connectivity index (χ2n) is 5.93. The van der Waals surface area contributed by atoms with Gasteiger partial charge < -0.3 is 10.1 Å². The van der Waals surface area contributed by atoms with Crippen molar-refractivity contribution in [1.29, 1.82) is 0 Å². The molecule has 0 radical (unpaired) electrons. The Hall–Kier alpha value is -1.18. The van der Waals surface area contributed by atoms with Gasteiger partial charge in [-0.05, 0) is 24.1 Å². The number of amides is 1. The number of benzene rings is 1. The van der Waals surface area contributed by atoms with Crippen molar-refractivity contribution in [3.05, 3.63) is 34.9 Å². The lowest BCUT2D eigenvalue weighted by Gasteiger charge is -2.26. The maximum absolute atomic E-state index is 12.2. The monoisotopic (exact) mass is 338 g/mol. The fourth-order valence-electron chi connectivity index (χ4n) is 2.93. The number of rotatable bonds is 5. The zero-order valence-electron chi connectivity index (χ0n) is 13.1. The summed E-state index contributed by atoms with van der Waals surface area (Å²) in [5.74, 6) is 0.0437. The first-order valence-corrected chi connectivity index (χ1v) is 8.44. The van der Waals surface area contributed by atoms with E-state index < -0.39 is 0 Å². The third-order valence-corrected chi connectivity index (χ3v) is 4.58. The van der Waals surface area contributed by atoms with Gasteiger partial charge in [-0.15, -0.1) is 0 Å². The van der Waals surface area contributed by atoms with Crippen LogP contribution in [0.4, 0.5) is 0 Å². The topological polar surface area (TPSA) is 65.6 Å². The molecular weight excluding hydrogens is 316 g/mol. The van der Waals surface area contributed by atoms with Gasteiger partial charge in [0.15, 0.2) is 0 Å². The molecule has 0 bridgehead atoms. The Bertz CT molecular complexity index is 519. The highest BCUT2D eigenvalue weighted by Crippen LogP contribution is 2.23. The predicted molar refractivity (Wildman–Crippen MR) is 89.1 cm³/mol. The minimum Gasteiger partial charge on any atom is -0.379 e. The average Bonchev–Trinajstić information content (AvgIpc) is 3.06. The molecule has 2 saturated heterocycles. The van der Waals surface area contributed by atoms with Crippen molar-refractivity contribution in [2.45, 2.75) is 18.5 Å². The molecule has 1 aromatic rings. The molecule has 1 amide bonds. The molecule has 7 heteroatoms. The van der Waals surface area contributed by atoms with Crippen LogP contribution in [0.15, 0.2) is 24.3 Å². The van der Waals surface area contributed by atoms with E-state index in [2.05, 4.69) is 21.1 Å². The number of morpholine rings is 1. The summed E-state index contributed by atoms with van der Waals surface area (Å²) in [4.78, 5) is 14.5. The third-order valence-electron chi connectivity index (χ3n) is 4.32. The largest absolute Gasteiger partial charge is 0.379 e. The Morgan fingerprint density at radius 1 is 1.26 bits per heavy atom. The van der Waals surface area contributed by atoms with Crippen molar-refractivity contribution in [3.8, 4) is 0 Å². The number of carbonyl (C=O) groups is 1. The van der Waals surface area contributed by atoms with Crippen LogP contribution >= 0.6 is 11.6 Å². The minimum absolute atomic E-state index is 0.0437. The van der Waals surface area contributed by atoms with E-state index in [-0.39, 0.29) is 18.0 Å². The Morgan fingerprint density at radius 2 is 2.00 bits per heavy atom. The Labute approximate surface area is 141 Å². The van der Waals surface area contributed by atoms with Crippen LogP contribution in [0.1, 0.15) is 18.0 Å². The molecule has 0 spiro atoms. The fourth-order valence-corrected chi connectivity index (χ4v) is 3.05. The number of nitrogens with zero attached hydrogens (tertiary/aromatic N) is 1. The normalized spacial score (nSPS) is 25.4. The van der Waals surface area contributed by atoms with Crippen LogP contribution in [0.3, 0.4) is 0 Å². The van der Waals surface area contributed by atoms with Gasteiger partial charge in [0.2, 0.25) is 5.91 Å². The predicted octanol–water partition coefficient (Wildman–Crippen LogP) is 0.696. The Kier molecular flexibility index (Phi) is 5.85. The van der Waals surface area contributed by atoms with Gasteiger partial charge in [-0.25, -0.2) is 10.9 Å². The van der Waals surface area contributed by atoms with Crippen molar-refractivity contribution < 1.29 is 9.53 Å². The summed E-state index contributed by atoms with van der Waals surface area (Å²) in [7, 11) is 0. The van der Waals surface area contributed by atoms with Gasteiger partial charge in [-0.1, -0.05) is 23.7 Å². The van der Waals surface area contributed by atoms with Crippen LogP contribution in [-0.2, 0) is 9.53 Å². The SMILES string of the molecule is O=C(NCCN1CCOCC1)C1CC(c2ccc(Cl)cc2)NN1. The van der Waals surface area contributed by atoms with Gasteiger partial charge >= 0.3 is 0 Å². The molecule has 1 aromatic carbocycles. The molecule has 2 fully saturated rings. The Morgan fingerprint density at radius 3 is 2.74 bits per heavy atom. The number of hydrogen-bond donors (Lipinski definition) is 3. The lowest BCUT2D eigenvalue weighted by atomic mass is 10.0. The van der Waals surface area contributed by atoms with Crippen molar-refractivity contribution in [3.63, 3.8) is 0 Å². The van der Waals surface area contributed by atoms with E-state index in [0.717, 1.165) is 49.9 Å². The molecule has 2 unspecified atom stereocenters. The molecular formula is C16H23ClN4O2. The van der Waals surface area contributed by atoms with Crippen LogP contribution in [-0.4, -0.2) is 56.2 Å². The first-order valence-electron chi connectivity index (χ1n) is 8.07. The minimum atomic E-state index is -0.208. The number of ether oxygens (including phenoxy) is 1. The molecule has 2 atom stereocenters. The number of carbonyl (C=O) groups excluding carboxylic acids is 1. The molecule has 0 aromatic heterocycles. The van der Waals surface area contributed by atoms with Gasteiger partial charge in [0.1, 0.15) is 6.04 Å². The highest BCUT2D eigenvalue weighted by atomic mass is 35.5. The quantitative estimate of drug-likeness (QED) is 0.737. The zero-order valence-corrected chi connectivity index (χ0v) is 13.8. The standard InChI is InChI=1S/C16H23ClN4O2/c17-13-3-1-12(2-4-13)14-11-15(20-19-14)16(22)18-5-6-21-7-9-23-10-8-21/h1-4,14-15,19-20H,5-11H2,(H,18,22). The van der Waals surface area contributed by atoms with Crippen molar-refractivity contribution in [1.82, 2.24) is 21.1 Å². The lowest BCUT2D eigenvalue weighted by molar-refractivity contribution is -0.123.